The molecule has 0 saturated carbocycles. The highest BCUT2D eigenvalue weighted by Gasteiger charge is 2.28. The Kier molecular flexibility index (Phi) is 5.75. The van der Waals surface area contributed by atoms with Gasteiger partial charge in [-0.2, -0.15) is 0 Å². The van der Waals surface area contributed by atoms with Crippen LogP contribution in [0.1, 0.15) is 31.9 Å². The lowest BCUT2D eigenvalue weighted by atomic mass is 9.93. The van der Waals surface area contributed by atoms with Crippen LogP contribution in [0.3, 0.4) is 0 Å². The molecule has 7 heteroatoms. The van der Waals surface area contributed by atoms with Gasteiger partial charge in [0, 0.05) is 32.0 Å². The molecule has 0 radical (unpaired) electrons. The zero-order valence-electron chi connectivity index (χ0n) is 15.3. The Bertz CT molecular complexity index is 746. The van der Waals surface area contributed by atoms with Crippen molar-refractivity contribution in [3.8, 4) is 5.75 Å². The van der Waals surface area contributed by atoms with Gasteiger partial charge in [0.15, 0.2) is 17.5 Å². The first-order valence-corrected chi connectivity index (χ1v) is 9.06. The molecule has 0 amide bonds. The van der Waals surface area contributed by atoms with Crippen LogP contribution < -0.4 is 5.32 Å². The smallest absolute Gasteiger partial charge is 0.194 e. The number of nitrogens with one attached hydrogen (secondary N) is 1. The van der Waals surface area contributed by atoms with Gasteiger partial charge >= 0.3 is 0 Å². The number of nitrogens with zero attached hydrogens (tertiary/aromatic N) is 4. The van der Waals surface area contributed by atoms with E-state index in [1.165, 1.54) is 12.1 Å². The summed E-state index contributed by atoms with van der Waals surface area (Å²) in [6, 6.07) is 4.74. The summed E-state index contributed by atoms with van der Waals surface area (Å²) in [6.07, 6.45) is 6.76. The average molecular weight is 359 g/mol. The predicted octanol–water partition coefficient (Wildman–Crippen LogP) is 2.78. The monoisotopic (exact) mass is 359 g/mol. The highest BCUT2D eigenvalue weighted by atomic mass is 19.1. The molecule has 1 aliphatic rings. The van der Waals surface area contributed by atoms with Crippen LogP contribution >= 0.6 is 0 Å². The highest BCUT2D eigenvalue weighted by Crippen LogP contribution is 2.27. The molecule has 2 unspecified atom stereocenters. The lowest BCUT2D eigenvalue weighted by Gasteiger charge is -2.39. The first kappa shape index (κ1) is 18.2. The summed E-state index contributed by atoms with van der Waals surface area (Å²) in [5, 5.41) is 12.7. The largest absolute Gasteiger partial charge is 0.505 e. The van der Waals surface area contributed by atoms with Crippen LogP contribution in [0.4, 0.5) is 4.39 Å². The molecule has 140 valence electrons. The molecule has 1 saturated heterocycles. The quantitative estimate of drug-likeness (QED) is 0.651. The molecule has 26 heavy (non-hydrogen) atoms. The van der Waals surface area contributed by atoms with Gasteiger partial charge < -0.3 is 19.9 Å². The number of piperidine rings is 1. The normalized spacial score (nSPS) is 21.0. The van der Waals surface area contributed by atoms with Gasteiger partial charge in [0.05, 0.1) is 18.9 Å². The van der Waals surface area contributed by atoms with Gasteiger partial charge in [-0.3, -0.25) is 0 Å². The third-order valence-electron chi connectivity index (χ3n) is 4.88. The van der Waals surface area contributed by atoms with E-state index in [1.54, 1.807) is 6.07 Å². The van der Waals surface area contributed by atoms with Crippen molar-refractivity contribution in [3.63, 3.8) is 0 Å². The number of halogens is 1. The maximum absolute atomic E-state index is 13.5. The molecule has 1 aliphatic heterocycles. The first-order valence-electron chi connectivity index (χ1n) is 9.06. The fraction of sp³-hybridized carbons (Fsp3) is 0.474. The summed E-state index contributed by atoms with van der Waals surface area (Å²) in [6.45, 7) is 7.22. The van der Waals surface area contributed by atoms with Crippen LogP contribution in [0, 0.1) is 11.7 Å². The van der Waals surface area contributed by atoms with E-state index in [0.717, 1.165) is 37.6 Å². The van der Waals surface area contributed by atoms with Crippen LogP contribution in [0.5, 0.6) is 5.75 Å². The van der Waals surface area contributed by atoms with Gasteiger partial charge in [-0.05, 0) is 37.0 Å². The molecule has 1 fully saturated rings. The van der Waals surface area contributed by atoms with Crippen LogP contribution in [-0.2, 0) is 6.54 Å². The molecule has 2 atom stereocenters. The number of guanidine groups is 1. The van der Waals surface area contributed by atoms with Crippen molar-refractivity contribution in [1.29, 1.82) is 0 Å². The summed E-state index contributed by atoms with van der Waals surface area (Å²) in [7, 11) is 0. The summed E-state index contributed by atoms with van der Waals surface area (Å²) < 4.78 is 15.7. The van der Waals surface area contributed by atoms with Gasteiger partial charge in [-0.25, -0.2) is 14.4 Å². The SMILES string of the molecule is CCNC(=NCc1ccc(O)c(F)c1)N1CCC(C)C(n2ccnc2)C1. The van der Waals surface area contributed by atoms with Gasteiger partial charge in [-0.15, -0.1) is 0 Å². The number of hydrogen-bond donors (Lipinski definition) is 2. The maximum atomic E-state index is 13.5. The summed E-state index contributed by atoms with van der Waals surface area (Å²) in [4.78, 5) is 11.1. The molecule has 2 heterocycles. The second-order valence-electron chi connectivity index (χ2n) is 6.75. The van der Waals surface area contributed by atoms with Gasteiger partial charge in [-0.1, -0.05) is 13.0 Å². The molecule has 0 bridgehead atoms. The molecule has 3 rings (SSSR count). The number of aromatic hydroxyl groups is 1. The number of phenolic OH excluding ortho intramolecular Hbond substituents is 1. The molecular weight excluding hydrogens is 333 g/mol. The Labute approximate surface area is 153 Å². The second kappa shape index (κ2) is 8.21. The molecular formula is C19H26FN5O. The maximum Gasteiger partial charge on any atom is 0.194 e. The van der Waals surface area contributed by atoms with Crippen molar-refractivity contribution in [2.45, 2.75) is 32.9 Å². The standard InChI is InChI=1S/C19H26FN5O/c1-3-22-19(23-11-15-4-5-18(26)16(20)10-15)24-8-6-14(2)17(12-24)25-9-7-21-13-25/h4-5,7,9-10,13-14,17,26H,3,6,8,11-12H2,1-2H3,(H,22,23). The molecule has 0 aliphatic carbocycles. The van der Waals surface area contributed by atoms with Gasteiger partial charge in [0.2, 0.25) is 0 Å². The van der Waals surface area contributed by atoms with Gasteiger partial charge in [0.1, 0.15) is 0 Å². The minimum Gasteiger partial charge on any atom is -0.505 e. The highest BCUT2D eigenvalue weighted by molar-refractivity contribution is 5.80. The molecule has 6 nitrogen and oxygen atoms in total. The van der Waals surface area contributed by atoms with Crippen molar-refractivity contribution < 1.29 is 9.50 Å². The third-order valence-corrected chi connectivity index (χ3v) is 4.88. The molecule has 1 aromatic carbocycles. The summed E-state index contributed by atoms with van der Waals surface area (Å²) in [5.74, 6) is 0.444. The molecule has 0 spiro atoms. The summed E-state index contributed by atoms with van der Waals surface area (Å²) >= 11 is 0. The number of hydrogen-bond acceptors (Lipinski definition) is 3. The van der Waals surface area contributed by atoms with Crippen molar-refractivity contribution in [1.82, 2.24) is 19.8 Å². The average Bonchev–Trinajstić information content (AvgIpc) is 3.16. The fourth-order valence-electron chi connectivity index (χ4n) is 3.34. The number of imidazole rings is 1. The van der Waals surface area contributed by atoms with E-state index < -0.39 is 5.82 Å². The van der Waals surface area contributed by atoms with E-state index in [4.69, 9.17) is 0 Å². The van der Waals surface area contributed by atoms with Crippen molar-refractivity contribution in [3.05, 3.63) is 48.3 Å². The van der Waals surface area contributed by atoms with E-state index in [9.17, 15) is 9.50 Å². The van der Waals surface area contributed by atoms with E-state index >= 15 is 0 Å². The minimum absolute atomic E-state index is 0.335. The predicted molar refractivity (Wildman–Crippen MR) is 99.5 cm³/mol. The Morgan fingerprint density at radius 2 is 2.31 bits per heavy atom. The Balaban J connectivity index is 1.74. The van der Waals surface area contributed by atoms with E-state index in [-0.39, 0.29) is 5.75 Å². The Morgan fingerprint density at radius 3 is 3.00 bits per heavy atom. The second-order valence-corrected chi connectivity index (χ2v) is 6.75. The molecule has 2 aromatic rings. The number of aromatic nitrogens is 2. The Morgan fingerprint density at radius 1 is 1.46 bits per heavy atom. The topological polar surface area (TPSA) is 65.7 Å². The summed E-state index contributed by atoms with van der Waals surface area (Å²) in [5.41, 5.74) is 0.729. The van der Waals surface area contributed by atoms with Gasteiger partial charge in [0.25, 0.3) is 0 Å². The van der Waals surface area contributed by atoms with Crippen LogP contribution in [0.25, 0.3) is 0 Å². The Hall–Kier alpha value is -2.57. The molecule has 1 aromatic heterocycles. The number of aliphatic imine (C=N–C) groups is 1. The fourth-order valence-corrected chi connectivity index (χ4v) is 3.34. The number of likely N-dealkylation sites (tertiary alicyclic amines) is 1. The third kappa shape index (κ3) is 4.15. The van der Waals surface area contributed by atoms with Crippen LogP contribution in [0.2, 0.25) is 0 Å². The minimum atomic E-state index is -0.616. The van der Waals surface area contributed by atoms with E-state index in [1.807, 2.05) is 25.6 Å². The first-order chi connectivity index (χ1) is 12.6. The van der Waals surface area contributed by atoms with Crippen LogP contribution in [-0.4, -0.2) is 45.2 Å². The zero-order chi connectivity index (χ0) is 18.5. The lowest BCUT2D eigenvalue weighted by molar-refractivity contribution is 0.189. The van der Waals surface area contributed by atoms with E-state index in [2.05, 4.69) is 31.7 Å². The van der Waals surface area contributed by atoms with Crippen molar-refractivity contribution in [2.75, 3.05) is 19.6 Å². The number of phenols is 1. The van der Waals surface area contributed by atoms with Crippen LogP contribution in [0.15, 0.2) is 41.9 Å². The van der Waals surface area contributed by atoms with E-state index in [0.29, 0.717) is 18.5 Å². The number of rotatable bonds is 4. The number of benzene rings is 1. The lowest BCUT2D eigenvalue weighted by Crippen LogP contribution is -2.49. The van der Waals surface area contributed by atoms with Crippen molar-refractivity contribution >= 4 is 5.96 Å². The molecule has 2 N–H and O–H groups in total. The zero-order valence-corrected chi connectivity index (χ0v) is 15.3. The van der Waals surface area contributed by atoms with Crippen molar-refractivity contribution in [2.24, 2.45) is 10.9 Å².